The van der Waals surface area contributed by atoms with Crippen LogP contribution in [0, 0.1) is 6.92 Å². The smallest absolute Gasteiger partial charge is 0.317 e. The highest BCUT2D eigenvalue weighted by atomic mass is 16.5. The zero-order valence-electron chi connectivity index (χ0n) is 15.3. The van der Waals surface area contributed by atoms with Gasteiger partial charge in [0.15, 0.2) is 5.82 Å². The molecule has 2 heterocycles. The molecule has 8 nitrogen and oxygen atoms in total. The Labute approximate surface area is 148 Å². The summed E-state index contributed by atoms with van der Waals surface area (Å²) in [5, 5.41) is 11.0. The van der Waals surface area contributed by atoms with E-state index in [0.29, 0.717) is 26.1 Å². The van der Waals surface area contributed by atoms with Crippen LogP contribution < -0.4 is 5.32 Å². The predicted octanol–water partition coefficient (Wildman–Crippen LogP) is 1.40. The molecule has 2 aromatic heterocycles. The number of urea groups is 1. The van der Waals surface area contributed by atoms with E-state index < -0.39 is 0 Å². The van der Waals surface area contributed by atoms with Crippen molar-refractivity contribution in [1.29, 1.82) is 0 Å². The monoisotopic (exact) mass is 346 g/mol. The molecule has 0 aromatic carbocycles. The number of rotatable bonds is 8. The fourth-order valence-corrected chi connectivity index (χ4v) is 2.46. The summed E-state index contributed by atoms with van der Waals surface area (Å²) in [6.07, 6.45) is 4.11. The van der Waals surface area contributed by atoms with E-state index in [0.717, 1.165) is 17.1 Å². The van der Waals surface area contributed by atoms with Crippen LogP contribution in [0.5, 0.6) is 0 Å². The molecule has 2 rings (SSSR count). The Morgan fingerprint density at radius 1 is 1.48 bits per heavy atom. The molecule has 1 N–H and O–H groups in total. The van der Waals surface area contributed by atoms with Gasteiger partial charge < -0.3 is 19.5 Å². The third kappa shape index (κ3) is 5.53. The highest BCUT2D eigenvalue weighted by molar-refractivity contribution is 5.74. The van der Waals surface area contributed by atoms with Gasteiger partial charge >= 0.3 is 6.03 Å². The SMILES string of the molecule is COCCn1cnnc1CN(C)C(=O)NC(C)Cc1ncccc1C. The highest BCUT2D eigenvalue weighted by Gasteiger charge is 2.16. The summed E-state index contributed by atoms with van der Waals surface area (Å²) in [7, 11) is 3.39. The quantitative estimate of drug-likeness (QED) is 0.781. The van der Waals surface area contributed by atoms with Gasteiger partial charge in [0.1, 0.15) is 6.33 Å². The van der Waals surface area contributed by atoms with Crippen molar-refractivity contribution in [3.8, 4) is 0 Å². The molecule has 0 saturated heterocycles. The number of hydrogen-bond acceptors (Lipinski definition) is 5. The Bertz CT molecular complexity index is 687. The number of pyridine rings is 1. The highest BCUT2D eigenvalue weighted by Crippen LogP contribution is 2.07. The molecule has 2 amide bonds. The van der Waals surface area contributed by atoms with Crippen LogP contribution in [0.25, 0.3) is 0 Å². The lowest BCUT2D eigenvalue weighted by atomic mass is 10.1. The van der Waals surface area contributed by atoms with E-state index in [1.165, 1.54) is 0 Å². The van der Waals surface area contributed by atoms with Gasteiger partial charge in [0.2, 0.25) is 0 Å². The number of nitrogens with one attached hydrogen (secondary N) is 1. The number of amides is 2. The number of aromatic nitrogens is 4. The van der Waals surface area contributed by atoms with E-state index in [2.05, 4.69) is 20.5 Å². The van der Waals surface area contributed by atoms with Gasteiger partial charge in [-0.05, 0) is 25.5 Å². The molecule has 0 aliphatic rings. The minimum atomic E-state index is -0.151. The Hall–Kier alpha value is -2.48. The Kier molecular flexibility index (Phi) is 6.88. The lowest BCUT2D eigenvalue weighted by Gasteiger charge is -2.21. The van der Waals surface area contributed by atoms with E-state index >= 15 is 0 Å². The third-order valence-corrected chi connectivity index (χ3v) is 3.94. The number of methoxy groups -OCH3 is 1. The first kappa shape index (κ1) is 18.9. The average Bonchev–Trinajstić information content (AvgIpc) is 3.02. The predicted molar refractivity (Wildman–Crippen MR) is 94.0 cm³/mol. The van der Waals surface area contributed by atoms with Gasteiger partial charge in [0.25, 0.3) is 0 Å². The molecule has 0 fully saturated rings. The molecule has 136 valence electrons. The van der Waals surface area contributed by atoms with E-state index in [-0.39, 0.29) is 12.1 Å². The second-order valence-electron chi connectivity index (χ2n) is 6.11. The normalized spacial score (nSPS) is 12.0. The molecule has 0 bridgehead atoms. The number of nitrogens with zero attached hydrogens (tertiary/aromatic N) is 5. The number of carbonyl (C=O) groups excluding carboxylic acids is 1. The van der Waals surface area contributed by atoms with Crippen LogP contribution in [-0.4, -0.2) is 57.5 Å². The van der Waals surface area contributed by atoms with E-state index in [9.17, 15) is 4.79 Å². The van der Waals surface area contributed by atoms with Crippen LogP contribution in [0.15, 0.2) is 24.7 Å². The molecule has 0 aliphatic carbocycles. The third-order valence-electron chi connectivity index (χ3n) is 3.94. The van der Waals surface area contributed by atoms with Crippen molar-refractivity contribution in [1.82, 2.24) is 30.0 Å². The first-order valence-electron chi connectivity index (χ1n) is 8.29. The van der Waals surface area contributed by atoms with Crippen LogP contribution in [0.4, 0.5) is 4.79 Å². The average molecular weight is 346 g/mol. The molecular formula is C17H26N6O2. The molecule has 1 unspecified atom stereocenters. The Morgan fingerprint density at radius 2 is 2.28 bits per heavy atom. The minimum absolute atomic E-state index is 0.0186. The van der Waals surface area contributed by atoms with Gasteiger partial charge in [-0.3, -0.25) is 4.98 Å². The van der Waals surface area contributed by atoms with Crippen molar-refractivity contribution in [2.45, 2.75) is 39.4 Å². The van der Waals surface area contributed by atoms with Crippen LogP contribution in [0.1, 0.15) is 24.0 Å². The second-order valence-corrected chi connectivity index (χ2v) is 6.11. The maximum atomic E-state index is 12.4. The van der Waals surface area contributed by atoms with Crippen molar-refractivity contribution < 1.29 is 9.53 Å². The molecule has 0 saturated carbocycles. The lowest BCUT2D eigenvalue weighted by molar-refractivity contribution is 0.183. The van der Waals surface area contributed by atoms with E-state index in [1.807, 2.05) is 30.5 Å². The summed E-state index contributed by atoms with van der Waals surface area (Å²) in [6.45, 7) is 5.60. The zero-order chi connectivity index (χ0) is 18.2. The topological polar surface area (TPSA) is 85.2 Å². The molecule has 1 atom stereocenters. The molecule has 25 heavy (non-hydrogen) atoms. The first-order chi connectivity index (χ1) is 12.0. The summed E-state index contributed by atoms with van der Waals surface area (Å²) < 4.78 is 6.95. The van der Waals surface area contributed by atoms with Crippen LogP contribution in [-0.2, 0) is 24.2 Å². The van der Waals surface area contributed by atoms with Crippen molar-refractivity contribution in [2.24, 2.45) is 0 Å². The van der Waals surface area contributed by atoms with Gasteiger partial charge in [-0.15, -0.1) is 10.2 Å². The fraction of sp³-hybridized carbons (Fsp3) is 0.529. The van der Waals surface area contributed by atoms with Gasteiger partial charge in [-0.25, -0.2) is 4.79 Å². The largest absolute Gasteiger partial charge is 0.383 e. The molecule has 2 aromatic rings. The minimum Gasteiger partial charge on any atom is -0.383 e. The van der Waals surface area contributed by atoms with Crippen molar-refractivity contribution in [3.05, 3.63) is 41.7 Å². The first-order valence-corrected chi connectivity index (χ1v) is 8.29. The van der Waals surface area contributed by atoms with Gasteiger partial charge in [-0.2, -0.15) is 0 Å². The molecule has 0 aliphatic heterocycles. The zero-order valence-corrected chi connectivity index (χ0v) is 15.3. The fourth-order valence-electron chi connectivity index (χ4n) is 2.46. The van der Waals surface area contributed by atoms with Crippen LogP contribution in [0.3, 0.4) is 0 Å². The van der Waals surface area contributed by atoms with Crippen LogP contribution in [0.2, 0.25) is 0 Å². The van der Waals surface area contributed by atoms with E-state index in [4.69, 9.17) is 4.74 Å². The Morgan fingerprint density at radius 3 is 3.00 bits per heavy atom. The van der Waals surface area contributed by atoms with Gasteiger partial charge in [0, 0.05) is 45.1 Å². The summed E-state index contributed by atoms with van der Waals surface area (Å²) in [5.41, 5.74) is 2.13. The van der Waals surface area contributed by atoms with Crippen molar-refractivity contribution in [2.75, 3.05) is 20.8 Å². The second kappa shape index (κ2) is 9.12. The van der Waals surface area contributed by atoms with Crippen molar-refractivity contribution in [3.63, 3.8) is 0 Å². The number of hydrogen-bond donors (Lipinski definition) is 1. The number of aryl methyl sites for hydroxylation is 1. The summed E-state index contributed by atoms with van der Waals surface area (Å²) >= 11 is 0. The number of carbonyl (C=O) groups is 1. The lowest BCUT2D eigenvalue weighted by Crippen LogP contribution is -2.43. The molecule has 0 spiro atoms. The van der Waals surface area contributed by atoms with Crippen molar-refractivity contribution >= 4 is 6.03 Å². The summed E-state index contributed by atoms with van der Waals surface area (Å²) in [6, 6.07) is 3.77. The summed E-state index contributed by atoms with van der Waals surface area (Å²) in [5.74, 6) is 0.725. The molecule has 0 radical (unpaired) electrons. The summed E-state index contributed by atoms with van der Waals surface area (Å²) in [4.78, 5) is 18.4. The molecule has 8 heteroatoms. The maximum absolute atomic E-state index is 12.4. The Balaban J connectivity index is 1.87. The maximum Gasteiger partial charge on any atom is 0.317 e. The van der Waals surface area contributed by atoms with Gasteiger partial charge in [0.05, 0.1) is 13.2 Å². The standard InChI is InChI=1S/C17H26N6O2/c1-13-6-5-7-18-15(13)10-14(2)20-17(24)22(3)11-16-21-19-12-23(16)8-9-25-4/h5-7,12,14H,8-11H2,1-4H3,(H,20,24). The van der Waals surface area contributed by atoms with E-state index in [1.54, 1.807) is 31.6 Å². The molecular weight excluding hydrogens is 320 g/mol. The number of ether oxygens (including phenoxy) is 1. The van der Waals surface area contributed by atoms with Crippen LogP contribution >= 0.6 is 0 Å². The van der Waals surface area contributed by atoms with Gasteiger partial charge in [-0.1, -0.05) is 6.07 Å².